The Morgan fingerprint density at radius 3 is 2.78 bits per heavy atom. The van der Waals surface area contributed by atoms with E-state index in [0.29, 0.717) is 21.7 Å². The lowest BCUT2D eigenvalue weighted by molar-refractivity contribution is -0.120. The van der Waals surface area contributed by atoms with E-state index in [9.17, 15) is 9.90 Å². The van der Waals surface area contributed by atoms with Crippen molar-refractivity contribution in [2.24, 2.45) is 10.2 Å². The van der Waals surface area contributed by atoms with Crippen molar-refractivity contribution < 1.29 is 14.6 Å². The maximum atomic E-state index is 12.0. The van der Waals surface area contributed by atoms with Gasteiger partial charge >= 0.3 is 5.91 Å². The quantitative estimate of drug-likeness (QED) is 0.483. The Morgan fingerprint density at radius 1 is 1.26 bits per heavy atom. The van der Waals surface area contributed by atoms with Crippen molar-refractivity contribution in [1.82, 2.24) is 4.57 Å². The summed E-state index contributed by atoms with van der Waals surface area (Å²) in [5.74, 6) is 1.96. The zero-order chi connectivity index (χ0) is 19.4. The third-order valence-electron chi connectivity index (χ3n) is 3.67. The number of terminal acetylenes is 1. The molecule has 1 aromatic heterocycles. The van der Waals surface area contributed by atoms with Crippen LogP contribution >= 0.6 is 23.2 Å². The summed E-state index contributed by atoms with van der Waals surface area (Å²) in [4.78, 5) is 12.0. The molecule has 0 aliphatic rings. The van der Waals surface area contributed by atoms with Crippen LogP contribution in [0.15, 0.2) is 52.7 Å². The lowest BCUT2D eigenvalue weighted by atomic mass is 10.2. The number of ether oxygens (including phenoxy) is 1. The number of benzene rings is 2. The first-order chi connectivity index (χ1) is 13.0. The third-order valence-corrected chi connectivity index (χ3v) is 4.20. The number of amides is 1. The molecule has 1 N–H and O–H groups in total. The Hall–Kier alpha value is -3.01. The zero-order valence-corrected chi connectivity index (χ0v) is 15.4. The fraction of sp³-hybridized carbons (Fsp3) is 0.105. The molecular weight excluding hydrogens is 389 g/mol. The van der Waals surface area contributed by atoms with Crippen molar-refractivity contribution in [2.75, 3.05) is 6.61 Å². The van der Waals surface area contributed by atoms with Crippen LogP contribution in [-0.2, 0) is 11.3 Å². The van der Waals surface area contributed by atoms with Crippen LogP contribution in [-0.4, -0.2) is 22.2 Å². The first-order valence-corrected chi connectivity index (χ1v) is 8.53. The van der Waals surface area contributed by atoms with Crippen LogP contribution < -0.4 is 4.74 Å². The maximum absolute atomic E-state index is 12.0. The molecule has 136 valence electrons. The number of azo groups is 1. The van der Waals surface area contributed by atoms with E-state index >= 15 is 0 Å². The van der Waals surface area contributed by atoms with E-state index in [1.54, 1.807) is 30.3 Å². The highest BCUT2D eigenvalue weighted by atomic mass is 35.5. The molecule has 2 aromatic carbocycles. The van der Waals surface area contributed by atoms with Gasteiger partial charge in [-0.25, -0.2) is 0 Å². The van der Waals surface area contributed by atoms with Crippen molar-refractivity contribution >= 4 is 45.7 Å². The molecular formula is C19H13Cl2N3O3. The summed E-state index contributed by atoms with van der Waals surface area (Å²) in [5.41, 5.74) is 0.859. The van der Waals surface area contributed by atoms with Crippen LogP contribution in [0.1, 0.15) is 0 Å². The molecule has 0 atom stereocenters. The molecule has 1 amide bonds. The van der Waals surface area contributed by atoms with Crippen molar-refractivity contribution in [3.05, 3.63) is 52.5 Å². The van der Waals surface area contributed by atoms with E-state index in [1.807, 2.05) is 6.07 Å². The number of hydrogen-bond acceptors (Lipinski definition) is 4. The van der Waals surface area contributed by atoms with E-state index in [2.05, 4.69) is 16.1 Å². The lowest BCUT2D eigenvalue weighted by Crippen LogP contribution is -2.08. The second-order valence-electron chi connectivity index (χ2n) is 5.44. The van der Waals surface area contributed by atoms with Gasteiger partial charge in [-0.3, -0.25) is 9.36 Å². The first-order valence-electron chi connectivity index (χ1n) is 7.77. The Morgan fingerprint density at radius 2 is 2.04 bits per heavy atom. The number of aromatic hydroxyl groups is 1. The summed E-state index contributed by atoms with van der Waals surface area (Å²) in [6, 6.07) is 11.8. The number of para-hydroxylation sites is 1. The molecule has 0 saturated heterocycles. The number of rotatable bonds is 5. The van der Waals surface area contributed by atoms with Gasteiger partial charge in [0.25, 0.3) is 0 Å². The van der Waals surface area contributed by atoms with Gasteiger partial charge in [0.1, 0.15) is 5.75 Å². The topological polar surface area (TPSA) is 76.2 Å². The van der Waals surface area contributed by atoms with Crippen LogP contribution in [0.5, 0.6) is 11.6 Å². The fourth-order valence-corrected chi connectivity index (χ4v) is 2.95. The normalized spacial score (nSPS) is 11.0. The van der Waals surface area contributed by atoms with Crippen molar-refractivity contribution in [3.63, 3.8) is 0 Å². The molecule has 8 heteroatoms. The molecule has 27 heavy (non-hydrogen) atoms. The Balaban J connectivity index is 1.78. The molecule has 0 radical (unpaired) electrons. The predicted molar refractivity (Wildman–Crippen MR) is 104 cm³/mol. The summed E-state index contributed by atoms with van der Waals surface area (Å²) in [7, 11) is 0. The maximum Gasteiger partial charge on any atom is 0.302 e. The highest BCUT2D eigenvalue weighted by Gasteiger charge is 2.16. The molecule has 0 aliphatic carbocycles. The summed E-state index contributed by atoms with van der Waals surface area (Å²) < 4.78 is 6.83. The minimum Gasteiger partial charge on any atom is -0.493 e. The minimum absolute atomic E-state index is 0.160. The van der Waals surface area contributed by atoms with Gasteiger partial charge in [0.15, 0.2) is 12.3 Å². The second-order valence-corrected chi connectivity index (χ2v) is 6.28. The molecule has 0 aliphatic heterocycles. The molecule has 1 heterocycles. The molecule has 0 fully saturated rings. The molecule has 3 rings (SSSR count). The third kappa shape index (κ3) is 4.05. The molecule has 6 nitrogen and oxygen atoms in total. The molecule has 0 saturated carbocycles. The summed E-state index contributed by atoms with van der Waals surface area (Å²) >= 11 is 11.8. The van der Waals surface area contributed by atoms with E-state index in [0.717, 1.165) is 0 Å². The molecule has 0 unspecified atom stereocenters. The van der Waals surface area contributed by atoms with Gasteiger partial charge in [0, 0.05) is 10.4 Å². The Bertz CT molecular complexity index is 1080. The van der Waals surface area contributed by atoms with Gasteiger partial charge in [-0.1, -0.05) is 47.3 Å². The van der Waals surface area contributed by atoms with Crippen molar-refractivity contribution in [1.29, 1.82) is 0 Å². The average molecular weight is 402 g/mol. The van der Waals surface area contributed by atoms with Gasteiger partial charge in [-0.05, 0) is 24.3 Å². The summed E-state index contributed by atoms with van der Waals surface area (Å²) in [5, 5.41) is 19.2. The highest BCUT2D eigenvalue weighted by molar-refractivity contribution is 6.35. The van der Waals surface area contributed by atoms with Gasteiger partial charge in [-0.2, -0.15) is 0 Å². The largest absolute Gasteiger partial charge is 0.493 e. The fourth-order valence-electron chi connectivity index (χ4n) is 2.49. The Labute approximate surface area is 165 Å². The first kappa shape index (κ1) is 18.8. The average Bonchev–Trinajstić information content (AvgIpc) is 2.91. The van der Waals surface area contributed by atoms with E-state index in [1.165, 1.54) is 10.6 Å². The number of fused-ring (bicyclic) bond motifs is 1. The number of carbonyl (C=O) groups excluding carboxylic acids is 1. The summed E-state index contributed by atoms with van der Waals surface area (Å²) in [6.07, 6.45) is 5.34. The highest BCUT2D eigenvalue weighted by Crippen LogP contribution is 2.38. The second kappa shape index (κ2) is 8.12. The van der Waals surface area contributed by atoms with E-state index in [-0.39, 0.29) is 29.7 Å². The number of carbonyl (C=O) groups is 1. The van der Waals surface area contributed by atoms with Gasteiger partial charge in [0.05, 0.1) is 17.1 Å². The lowest BCUT2D eigenvalue weighted by Gasteiger charge is -2.05. The van der Waals surface area contributed by atoms with Crippen LogP contribution in [0.3, 0.4) is 0 Å². The van der Waals surface area contributed by atoms with Crippen molar-refractivity contribution in [3.8, 4) is 24.0 Å². The van der Waals surface area contributed by atoms with Gasteiger partial charge in [-0.15, -0.1) is 16.7 Å². The van der Waals surface area contributed by atoms with Crippen LogP contribution in [0.25, 0.3) is 10.9 Å². The number of nitrogens with zero attached hydrogens (tertiary/aromatic N) is 3. The van der Waals surface area contributed by atoms with E-state index < -0.39 is 5.91 Å². The molecule has 0 bridgehead atoms. The minimum atomic E-state index is -0.644. The molecule has 0 spiro atoms. The van der Waals surface area contributed by atoms with Gasteiger partial charge in [0.2, 0.25) is 5.88 Å². The van der Waals surface area contributed by atoms with E-state index in [4.69, 9.17) is 34.4 Å². The summed E-state index contributed by atoms with van der Waals surface area (Å²) in [6.45, 7) is -0.206. The number of halogens is 2. The van der Waals surface area contributed by atoms with Crippen LogP contribution in [0.4, 0.5) is 5.69 Å². The predicted octanol–water partition coefficient (Wildman–Crippen LogP) is 4.98. The van der Waals surface area contributed by atoms with Crippen LogP contribution in [0.2, 0.25) is 10.0 Å². The van der Waals surface area contributed by atoms with Crippen LogP contribution in [0, 0.1) is 12.3 Å². The van der Waals surface area contributed by atoms with Crippen molar-refractivity contribution in [2.45, 2.75) is 6.54 Å². The van der Waals surface area contributed by atoms with Gasteiger partial charge < -0.3 is 9.84 Å². The smallest absolute Gasteiger partial charge is 0.302 e. The number of aromatic nitrogens is 1. The zero-order valence-electron chi connectivity index (χ0n) is 13.9. The monoisotopic (exact) mass is 401 g/mol. The number of hydrogen-bond donors (Lipinski definition) is 1. The standard InChI is InChI=1S/C19H13Cl2N3O3/c1-2-9-24-15-6-4-3-5-13(15)18(19(24)26)23-22-17(25)11-27-16-8-7-12(20)10-14(16)21/h1,3-8,10,26H,9,11H2. The molecule has 3 aromatic rings. The Kier molecular flexibility index (Phi) is 5.65. The SMILES string of the molecule is C#CCn1c(O)c(N=NC(=O)COc2ccc(Cl)cc2Cl)c2ccccc21.